The third kappa shape index (κ3) is 3.20. The fourth-order valence-electron chi connectivity index (χ4n) is 2.92. The summed E-state index contributed by atoms with van der Waals surface area (Å²) in [5.74, 6) is -0.201. The van der Waals surface area contributed by atoms with Crippen molar-refractivity contribution >= 4 is 34.0 Å². The second-order valence-electron chi connectivity index (χ2n) is 6.12. The fraction of sp³-hybridized carbons (Fsp3) is 0.333. The molecule has 3 rings (SSSR count). The molecule has 3 heterocycles. The number of aryl methyl sites for hydroxylation is 2. The molecule has 26 heavy (non-hydrogen) atoms. The van der Waals surface area contributed by atoms with Crippen LogP contribution in [-0.4, -0.2) is 20.0 Å². The van der Waals surface area contributed by atoms with Crippen molar-refractivity contribution in [1.82, 2.24) is 14.1 Å². The molecule has 1 N–H and O–H groups in total. The van der Waals surface area contributed by atoms with Crippen LogP contribution in [-0.2, 0) is 31.7 Å². The molecule has 0 radical (unpaired) electrons. The first-order valence-electron chi connectivity index (χ1n) is 8.33. The quantitative estimate of drug-likeness (QED) is 0.740. The van der Waals surface area contributed by atoms with Gasteiger partial charge >= 0.3 is 5.69 Å². The van der Waals surface area contributed by atoms with E-state index in [1.54, 1.807) is 13.2 Å². The number of carbonyl (C=O) groups excluding carboxylic acids is 1. The maximum Gasteiger partial charge on any atom is 0.332 e. The summed E-state index contributed by atoms with van der Waals surface area (Å²) in [5, 5.41) is 5.07. The summed E-state index contributed by atoms with van der Waals surface area (Å²) in [6.45, 7) is 2.01. The first kappa shape index (κ1) is 18.1. The molecule has 8 heteroatoms. The van der Waals surface area contributed by atoms with Crippen molar-refractivity contribution in [3.63, 3.8) is 0 Å². The normalized spacial score (nSPS) is 11.0. The summed E-state index contributed by atoms with van der Waals surface area (Å²) in [6, 6.07) is 3.79. The minimum atomic E-state index is -0.458. The molecule has 0 saturated carbocycles. The van der Waals surface area contributed by atoms with Gasteiger partial charge in [-0.15, -0.1) is 11.3 Å². The van der Waals surface area contributed by atoms with Gasteiger partial charge in [-0.05, 0) is 23.4 Å². The first-order valence-corrected chi connectivity index (χ1v) is 9.21. The maximum atomic E-state index is 12.7. The van der Waals surface area contributed by atoms with E-state index in [2.05, 4.69) is 10.3 Å². The lowest BCUT2D eigenvalue weighted by Gasteiger charge is -2.15. The minimum absolute atomic E-state index is 0.201. The standard InChI is InChI=1S/C18H20N4O3S/c1-4-6-11-10-19-16-14(17(24)22(3)18(25)21(16)2)15(11)20-13(23)9-12-7-5-8-26-12/h5,7-8,10H,4,6,9H2,1-3H3,(H,19,20,23). The predicted molar refractivity (Wildman–Crippen MR) is 103 cm³/mol. The largest absolute Gasteiger partial charge is 0.332 e. The van der Waals surface area contributed by atoms with Gasteiger partial charge in [0.05, 0.1) is 12.1 Å². The van der Waals surface area contributed by atoms with Gasteiger partial charge in [-0.1, -0.05) is 19.4 Å². The Morgan fingerprint density at radius 3 is 2.69 bits per heavy atom. The van der Waals surface area contributed by atoms with E-state index in [4.69, 9.17) is 0 Å². The Bertz CT molecular complexity index is 1080. The molecule has 3 aromatic rings. The molecule has 1 amide bonds. The Morgan fingerprint density at radius 2 is 2.04 bits per heavy atom. The van der Waals surface area contributed by atoms with Gasteiger partial charge in [-0.3, -0.25) is 18.7 Å². The van der Waals surface area contributed by atoms with Crippen molar-refractivity contribution in [2.24, 2.45) is 14.1 Å². The monoisotopic (exact) mass is 372 g/mol. The van der Waals surface area contributed by atoms with Gasteiger partial charge < -0.3 is 5.32 Å². The second-order valence-corrected chi connectivity index (χ2v) is 7.15. The SMILES string of the molecule is CCCc1cnc2c(c1NC(=O)Cc1cccs1)c(=O)n(C)c(=O)n2C. The number of rotatable bonds is 5. The molecule has 0 aromatic carbocycles. The molecule has 0 aliphatic rings. The maximum absolute atomic E-state index is 12.7. The van der Waals surface area contributed by atoms with Crippen LogP contribution >= 0.6 is 11.3 Å². The summed E-state index contributed by atoms with van der Waals surface area (Å²) in [7, 11) is 2.99. The van der Waals surface area contributed by atoms with Crippen LogP contribution in [0.5, 0.6) is 0 Å². The van der Waals surface area contributed by atoms with Gasteiger partial charge in [-0.25, -0.2) is 9.78 Å². The third-order valence-electron chi connectivity index (χ3n) is 4.25. The van der Waals surface area contributed by atoms with Crippen molar-refractivity contribution < 1.29 is 4.79 Å². The fourth-order valence-corrected chi connectivity index (χ4v) is 3.63. The Morgan fingerprint density at radius 1 is 1.27 bits per heavy atom. The number of pyridine rings is 1. The minimum Gasteiger partial charge on any atom is -0.325 e. The van der Waals surface area contributed by atoms with E-state index in [1.807, 2.05) is 24.4 Å². The van der Waals surface area contributed by atoms with E-state index in [0.29, 0.717) is 12.1 Å². The first-order chi connectivity index (χ1) is 12.4. The molecule has 136 valence electrons. The highest BCUT2D eigenvalue weighted by Crippen LogP contribution is 2.24. The third-order valence-corrected chi connectivity index (χ3v) is 5.12. The van der Waals surface area contributed by atoms with E-state index in [0.717, 1.165) is 21.4 Å². The van der Waals surface area contributed by atoms with Crippen LogP contribution in [0.15, 0.2) is 33.3 Å². The van der Waals surface area contributed by atoms with Gasteiger partial charge in [0.25, 0.3) is 5.56 Å². The highest BCUT2D eigenvalue weighted by atomic mass is 32.1. The number of thiophene rings is 1. The molecular weight excluding hydrogens is 352 g/mol. The van der Waals surface area contributed by atoms with Crippen LogP contribution in [0.2, 0.25) is 0 Å². The van der Waals surface area contributed by atoms with E-state index < -0.39 is 11.2 Å². The van der Waals surface area contributed by atoms with E-state index in [9.17, 15) is 14.4 Å². The molecule has 0 spiro atoms. The number of nitrogens with one attached hydrogen (secondary N) is 1. The van der Waals surface area contributed by atoms with E-state index in [1.165, 1.54) is 23.0 Å². The smallest absolute Gasteiger partial charge is 0.325 e. The summed E-state index contributed by atoms with van der Waals surface area (Å²) in [4.78, 5) is 42.7. The number of amides is 1. The van der Waals surface area contributed by atoms with Crippen LogP contribution in [0.25, 0.3) is 11.0 Å². The van der Waals surface area contributed by atoms with Gasteiger partial charge in [0.15, 0.2) is 5.65 Å². The van der Waals surface area contributed by atoms with Crippen molar-refractivity contribution in [3.05, 3.63) is 55.0 Å². The Kier molecular flexibility index (Phi) is 5.03. The number of hydrogen-bond acceptors (Lipinski definition) is 5. The Hall–Kier alpha value is -2.74. The number of anilines is 1. The molecule has 0 saturated heterocycles. The van der Waals surface area contributed by atoms with Gasteiger partial charge in [0.2, 0.25) is 5.91 Å². The molecule has 0 unspecified atom stereocenters. The summed E-state index contributed by atoms with van der Waals surface area (Å²) < 4.78 is 2.36. The molecule has 0 bridgehead atoms. The van der Waals surface area contributed by atoms with E-state index in [-0.39, 0.29) is 23.4 Å². The zero-order valence-electron chi connectivity index (χ0n) is 14.9. The molecule has 3 aromatic heterocycles. The Balaban J connectivity index is 2.17. The average molecular weight is 372 g/mol. The summed E-state index contributed by atoms with van der Waals surface area (Å²) in [6.07, 6.45) is 3.38. The van der Waals surface area contributed by atoms with Crippen molar-refractivity contribution in [3.8, 4) is 0 Å². The average Bonchev–Trinajstić information content (AvgIpc) is 3.12. The number of fused-ring (bicyclic) bond motifs is 1. The summed E-state index contributed by atoms with van der Waals surface area (Å²) in [5.41, 5.74) is 0.600. The number of aromatic nitrogens is 3. The molecule has 0 atom stereocenters. The topological polar surface area (TPSA) is 86.0 Å². The molecule has 0 aliphatic heterocycles. The van der Waals surface area contributed by atoms with E-state index >= 15 is 0 Å². The predicted octanol–water partition coefficient (Wildman–Crippen LogP) is 1.83. The van der Waals surface area contributed by atoms with Crippen LogP contribution in [0.1, 0.15) is 23.8 Å². The van der Waals surface area contributed by atoms with Crippen LogP contribution in [0.3, 0.4) is 0 Å². The zero-order chi connectivity index (χ0) is 18.8. The zero-order valence-corrected chi connectivity index (χ0v) is 15.7. The summed E-state index contributed by atoms with van der Waals surface area (Å²) >= 11 is 1.51. The number of hydrogen-bond donors (Lipinski definition) is 1. The molecule has 0 aliphatic carbocycles. The van der Waals surface area contributed by atoms with Crippen LogP contribution < -0.4 is 16.6 Å². The van der Waals surface area contributed by atoms with Crippen LogP contribution in [0.4, 0.5) is 5.69 Å². The lowest BCUT2D eigenvalue weighted by atomic mass is 10.1. The lowest BCUT2D eigenvalue weighted by Crippen LogP contribution is -2.38. The van der Waals surface area contributed by atoms with Crippen LogP contribution in [0, 0.1) is 0 Å². The van der Waals surface area contributed by atoms with Gasteiger partial charge in [0.1, 0.15) is 5.39 Å². The highest BCUT2D eigenvalue weighted by Gasteiger charge is 2.18. The van der Waals surface area contributed by atoms with Crippen molar-refractivity contribution in [2.45, 2.75) is 26.2 Å². The van der Waals surface area contributed by atoms with Crippen molar-refractivity contribution in [1.29, 1.82) is 0 Å². The Labute approximate surface area is 153 Å². The van der Waals surface area contributed by atoms with Gasteiger partial charge in [0, 0.05) is 25.2 Å². The molecule has 7 nitrogen and oxygen atoms in total. The number of nitrogens with zero attached hydrogens (tertiary/aromatic N) is 3. The molecular formula is C18H20N4O3S. The lowest BCUT2D eigenvalue weighted by molar-refractivity contribution is -0.115. The number of carbonyl (C=O) groups is 1. The van der Waals surface area contributed by atoms with Crippen molar-refractivity contribution in [2.75, 3.05) is 5.32 Å². The van der Waals surface area contributed by atoms with Gasteiger partial charge in [-0.2, -0.15) is 0 Å². The second kappa shape index (κ2) is 7.25. The highest BCUT2D eigenvalue weighted by molar-refractivity contribution is 7.10. The molecule has 0 fully saturated rings.